The Hall–Kier alpha value is -3.75. The van der Waals surface area contributed by atoms with E-state index in [9.17, 15) is 19.5 Å². The van der Waals surface area contributed by atoms with Crippen LogP contribution >= 0.6 is 0 Å². The lowest BCUT2D eigenvalue weighted by molar-refractivity contribution is -0.156. The van der Waals surface area contributed by atoms with Crippen LogP contribution in [-0.2, 0) is 25.7 Å². The average Bonchev–Trinajstić information content (AvgIpc) is 3.62. The lowest BCUT2D eigenvalue weighted by atomic mass is 9.66. The summed E-state index contributed by atoms with van der Waals surface area (Å²) in [5.41, 5.74) is -0.404. The Balaban J connectivity index is 1.59. The second-order valence-electron chi connectivity index (χ2n) is 12.9. The van der Waals surface area contributed by atoms with E-state index in [1.807, 2.05) is 67.6 Å². The Morgan fingerprint density at radius 3 is 2.27 bits per heavy atom. The molecule has 1 N–H and O–H groups in total. The number of aliphatic hydroxyl groups is 1. The van der Waals surface area contributed by atoms with Crippen molar-refractivity contribution < 1.29 is 24.2 Å². The molecule has 6 atom stereocenters. The van der Waals surface area contributed by atoms with Gasteiger partial charge in [-0.25, -0.2) is 0 Å². The summed E-state index contributed by atoms with van der Waals surface area (Å²) in [5.74, 6) is -2.37. The monoisotopic (exact) mass is 613 g/mol. The van der Waals surface area contributed by atoms with E-state index >= 15 is 0 Å². The van der Waals surface area contributed by atoms with E-state index in [2.05, 4.69) is 20.1 Å². The number of likely N-dealkylation sites (tertiary alicyclic amines) is 1. The highest BCUT2D eigenvalue weighted by Crippen LogP contribution is 2.64. The number of fused-ring (bicyclic) bond motifs is 1. The molecule has 0 saturated carbocycles. The highest BCUT2D eigenvalue weighted by Gasteiger charge is 2.79. The molecule has 3 saturated heterocycles. The molecular formula is C37H47N3O5. The molecule has 2 aromatic rings. The van der Waals surface area contributed by atoms with Crippen molar-refractivity contribution in [1.82, 2.24) is 14.7 Å². The molecule has 2 unspecified atom stereocenters. The van der Waals surface area contributed by atoms with Crippen LogP contribution in [0.4, 0.5) is 0 Å². The minimum absolute atomic E-state index is 0.180. The Kier molecular flexibility index (Phi) is 9.94. The number of hydrogen-bond acceptors (Lipinski definition) is 5. The fourth-order valence-corrected chi connectivity index (χ4v) is 7.95. The van der Waals surface area contributed by atoms with Crippen molar-refractivity contribution in [3.05, 3.63) is 97.1 Å². The molecule has 2 bridgehead atoms. The average molecular weight is 614 g/mol. The molecule has 8 nitrogen and oxygen atoms in total. The topological polar surface area (TPSA) is 90.4 Å². The number of ether oxygens (including phenoxy) is 1. The van der Waals surface area contributed by atoms with E-state index in [1.54, 1.807) is 26.9 Å². The maximum atomic E-state index is 14.8. The number of benzene rings is 2. The first kappa shape index (κ1) is 32.6. The largest absolute Gasteiger partial charge is 0.394 e. The van der Waals surface area contributed by atoms with Crippen molar-refractivity contribution in [2.24, 2.45) is 11.8 Å². The first-order chi connectivity index (χ1) is 21.8. The molecule has 0 aliphatic carbocycles. The van der Waals surface area contributed by atoms with Crippen LogP contribution in [0.1, 0.15) is 63.1 Å². The second kappa shape index (κ2) is 13.7. The SMILES string of the molecule is C=CCN(CCCCC)C(=O)C1N([C@H](CO)c2ccccc2)C(=O)[C@@H]2[C@@H](C(=O)N(CC=C)Cc3ccccc3)[C@@]3(C)CCC12O3. The van der Waals surface area contributed by atoms with Crippen LogP contribution in [0.2, 0.25) is 0 Å². The van der Waals surface area contributed by atoms with Gasteiger partial charge in [-0.3, -0.25) is 14.4 Å². The van der Waals surface area contributed by atoms with Gasteiger partial charge in [0, 0.05) is 26.2 Å². The van der Waals surface area contributed by atoms with Crippen LogP contribution in [-0.4, -0.2) is 81.0 Å². The van der Waals surface area contributed by atoms with Crippen LogP contribution in [0.15, 0.2) is 86.0 Å². The van der Waals surface area contributed by atoms with E-state index in [-0.39, 0.29) is 24.3 Å². The fraction of sp³-hybridized carbons (Fsp3) is 0.486. The normalized spacial score (nSPS) is 27.2. The second-order valence-corrected chi connectivity index (χ2v) is 12.9. The number of unbranched alkanes of at least 4 members (excludes halogenated alkanes) is 2. The van der Waals surface area contributed by atoms with Gasteiger partial charge < -0.3 is 24.5 Å². The quantitative estimate of drug-likeness (QED) is 0.228. The molecule has 3 heterocycles. The van der Waals surface area contributed by atoms with Gasteiger partial charge in [0.1, 0.15) is 11.6 Å². The third kappa shape index (κ3) is 5.86. The predicted molar refractivity (Wildman–Crippen MR) is 174 cm³/mol. The zero-order valence-electron chi connectivity index (χ0n) is 26.6. The summed E-state index contributed by atoms with van der Waals surface area (Å²) in [4.78, 5) is 49.2. The summed E-state index contributed by atoms with van der Waals surface area (Å²) in [6, 6.07) is 17.3. The smallest absolute Gasteiger partial charge is 0.248 e. The van der Waals surface area contributed by atoms with E-state index in [4.69, 9.17) is 4.74 Å². The molecule has 8 heteroatoms. The molecule has 45 heavy (non-hydrogen) atoms. The predicted octanol–water partition coefficient (Wildman–Crippen LogP) is 4.90. The number of carbonyl (C=O) groups is 3. The van der Waals surface area contributed by atoms with Gasteiger partial charge in [0.15, 0.2) is 0 Å². The van der Waals surface area contributed by atoms with E-state index in [0.717, 1.165) is 30.4 Å². The van der Waals surface area contributed by atoms with Gasteiger partial charge in [-0.05, 0) is 37.3 Å². The Morgan fingerprint density at radius 2 is 1.64 bits per heavy atom. The maximum Gasteiger partial charge on any atom is 0.248 e. The molecule has 3 fully saturated rings. The minimum atomic E-state index is -1.19. The number of carbonyl (C=O) groups excluding carboxylic acids is 3. The lowest BCUT2D eigenvalue weighted by Crippen LogP contribution is -2.57. The number of aliphatic hydroxyl groups excluding tert-OH is 1. The molecule has 1 spiro atoms. The van der Waals surface area contributed by atoms with Gasteiger partial charge >= 0.3 is 0 Å². The van der Waals surface area contributed by atoms with Gasteiger partial charge in [0.05, 0.1) is 30.1 Å². The first-order valence-electron chi connectivity index (χ1n) is 16.3. The van der Waals surface area contributed by atoms with Crippen LogP contribution in [0, 0.1) is 11.8 Å². The number of amides is 3. The third-order valence-electron chi connectivity index (χ3n) is 9.98. The highest BCUT2D eigenvalue weighted by molar-refractivity contribution is 5.99. The number of rotatable bonds is 15. The summed E-state index contributed by atoms with van der Waals surface area (Å²) in [6.07, 6.45) is 7.22. The summed E-state index contributed by atoms with van der Waals surface area (Å²) in [5, 5.41) is 10.8. The van der Waals surface area contributed by atoms with Crippen molar-refractivity contribution in [2.45, 2.75) is 75.8 Å². The molecule has 3 amide bonds. The Bertz CT molecular complexity index is 1380. The van der Waals surface area contributed by atoms with Crippen molar-refractivity contribution in [2.75, 3.05) is 26.2 Å². The molecule has 0 radical (unpaired) electrons. The Labute approximate surface area is 267 Å². The van der Waals surface area contributed by atoms with Crippen LogP contribution in [0.3, 0.4) is 0 Å². The molecule has 2 aromatic carbocycles. The van der Waals surface area contributed by atoms with Crippen molar-refractivity contribution >= 4 is 17.7 Å². The molecule has 3 aliphatic rings. The number of nitrogens with zero attached hydrogens (tertiary/aromatic N) is 3. The summed E-state index contributed by atoms with van der Waals surface area (Å²) < 4.78 is 6.91. The summed E-state index contributed by atoms with van der Waals surface area (Å²) in [7, 11) is 0. The molecule has 5 rings (SSSR count). The van der Waals surface area contributed by atoms with Gasteiger partial charge in [-0.1, -0.05) is 92.6 Å². The van der Waals surface area contributed by atoms with Crippen molar-refractivity contribution in [3.63, 3.8) is 0 Å². The van der Waals surface area contributed by atoms with Gasteiger partial charge in [-0.2, -0.15) is 0 Å². The van der Waals surface area contributed by atoms with Gasteiger partial charge in [-0.15, -0.1) is 13.2 Å². The van der Waals surface area contributed by atoms with Gasteiger partial charge in [0.25, 0.3) is 0 Å². The van der Waals surface area contributed by atoms with E-state index < -0.39 is 35.1 Å². The summed E-state index contributed by atoms with van der Waals surface area (Å²) in [6.45, 7) is 13.0. The molecule has 0 aromatic heterocycles. The third-order valence-corrected chi connectivity index (χ3v) is 9.98. The van der Waals surface area contributed by atoms with Crippen LogP contribution < -0.4 is 0 Å². The number of hydrogen-bond donors (Lipinski definition) is 1. The molecular weight excluding hydrogens is 566 g/mol. The van der Waals surface area contributed by atoms with E-state index in [0.29, 0.717) is 39.0 Å². The van der Waals surface area contributed by atoms with Crippen LogP contribution in [0.5, 0.6) is 0 Å². The van der Waals surface area contributed by atoms with Crippen molar-refractivity contribution in [1.29, 1.82) is 0 Å². The molecule has 240 valence electrons. The van der Waals surface area contributed by atoms with E-state index in [1.165, 1.54) is 0 Å². The minimum Gasteiger partial charge on any atom is -0.394 e. The van der Waals surface area contributed by atoms with Gasteiger partial charge in [0.2, 0.25) is 17.7 Å². The first-order valence-corrected chi connectivity index (χ1v) is 16.3. The highest BCUT2D eigenvalue weighted by atomic mass is 16.5. The van der Waals surface area contributed by atoms with Crippen molar-refractivity contribution in [3.8, 4) is 0 Å². The standard InChI is InChI=1S/C37H47N3O5/c1-5-8-15-24-38(22-6-2)35(44)32-37-21-20-36(4,45-37)30(33(42)39(23-7-3)25-27-16-11-9-12-17-27)31(37)34(43)40(32)29(26-41)28-18-13-10-14-19-28/h6-7,9-14,16-19,29-32,41H,2-3,5,8,15,20-26H2,1,4H3/t29-,30+,31+,32?,36-,37?/m1/s1. The summed E-state index contributed by atoms with van der Waals surface area (Å²) >= 11 is 0. The Morgan fingerprint density at radius 1 is 1.00 bits per heavy atom. The zero-order chi connectivity index (χ0) is 32.2. The maximum absolute atomic E-state index is 14.8. The molecule has 3 aliphatic heterocycles. The zero-order valence-corrected chi connectivity index (χ0v) is 26.6. The van der Waals surface area contributed by atoms with Crippen LogP contribution in [0.25, 0.3) is 0 Å². The lowest BCUT2D eigenvalue weighted by Gasteiger charge is -2.39. The fourth-order valence-electron chi connectivity index (χ4n) is 7.95.